The monoisotopic (exact) mass is 342 g/mol. The van der Waals surface area contributed by atoms with Gasteiger partial charge in [-0.3, -0.25) is 10.1 Å². The minimum Gasteiger partial charge on any atom is -0.480 e. The van der Waals surface area contributed by atoms with Crippen molar-refractivity contribution in [3.8, 4) is 0 Å². The lowest BCUT2D eigenvalue weighted by Gasteiger charge is -2.26. The summed E-state index contributed by atoms with van der Waals surface area (Å²) in [5, 5.41) is 20.3. The second-order valence-electron chi connectivity index (χ2n) is 5.09. The first kappa shape index (κ1) is 14.8. The second-order valence-corrected chi connectivity index (χ2v) is 5.94. The maximum absolute atomic E-state index is 11.4. The second kappa shape index (κ2) is 5.40. The molecule has 0 bridgehead atoms. The number of aliphatic carboxylic acids is 1. The van der Waals surface area contributed by atoms with Gasteiger partial charge in [-0.05, 0) is 41.3 Å². The number of rotatable bonds is 3. The topological polar surface area (TPSA) is 83.7 Å². The Labute approximate surface area is 124 Å². The number of benzene rings is 1. The molecule has 2 rings (SSSR count). The van der Waals surface area contributed by atoms with E-state index in [1.165, 1.54) is 6.07 Å². The fraction of sp³-hybridized carbons (Fsp3) is 0.462. The number of carboxylic acids is 1. The number of hydrogen-bond donors (Lipinski definition) is 1. The number of nitrogens with zero attached hydrogens (tertiary/aromatic N) is 2. The van der Waals surface area contributed by atoms with Crippen LogP contribution in [0.25, 0.3) is 0 Å². The molecule has 0 aromatic heterocycles. The molecule has 1 N–H and O–H groups in total. The van der Waals surface area contributed by atoms with Crippen LogP contribution < -0.4 is 4.90 Å². The Balaban J connectivity index is 2.45. The molecule has 2 unspecified atom stereocenters. The zero-order valence-corrected chi connectivity index (χ0v) is 12.8. The summed E-state index contributed by atoms with van der Waals surface area (Å²) in [6.07, 6.45) is 0.791. The van der Waals surface area contributed by atoms with Gasteiger partial charge in [0.05, 0.1) is 10.6 Å². The standard InChI is InChI=1S/C13H15BrN2O4/c1-7-3-4-15(12(7)13(17)18)11-5-8(2)10(16(19)20)6-9(11)14/h5-7,12H,3-4H2,1-2H3,(H,17,18). The Morgan fingerprint density at radius 3 is 2.75 bits per heavy atom. The molecule has 1 aromatic rings. The maximum Gasteiger partial charge on any atom is 0.326 e. The predicted octanol–water partition coefficient (Wildman–Crippen LogP) is 2.97. The average molecular weight is 343 g/mol. The third-order valence-electron chi connectivity index (χ3n) is 3.72. The Kier molecular flexibility index (Phi) is 3.99. The van der Waals surface area contributed by atoms with Gasteiger partial charge in [-0.2, -0.15) is 0 Å². The molecule has 6 nitrogen and oxygen atoms in total. The molecule has 108 valence electrons. The first-order chi connectivity index (χ1) is 9.32. The zero-order chi connectivity index (χ0) is 15.0. The van der Waals surface area contributed by atoms with E-state index in [4.69, 9.17) is 0 Å². The highest BCUT2D eigenvalue weighted by atomic mass is 79.9. The van der Waals surface area contributed by atoms with E-state index in [0.29, 0.717) is 22.3 Å². The number of nitro groups is 1. The summed E-state index contributed by atoms with van der Waals surface area (Å²) in [6.45, 7) is 4.20. The third kappa shape index (κ3) is 2.49. The van der Waals surface area contributed by atoms with Crippen molar-refractivity contribution in [1.29, 1.82) is 0 Å². The van der Waals surface area contributed by atoms with Crippen LogP contribution in [0, 0.1) is 23.0 Å². The zero-order valence-electron chi connectivity index (χ0n) is 11.2. The molecule has 1 heterocycles. The SMILES string of the molecule is Cc1cc(N2CCC(C)C2C(=O)O)c(Br)cc1[N+](=O)[O-]. The molecule has 0 radical (unpaired) electrons. The largest absolute Gasteiger partial charge is 0.480 e. The molecule has 1 aliphatic rings. The quantitative estimate of drug-likeness (QED) is 0.674. The van der Waals surface area contributed by atoms with Gasteiger partial charge in [0.25, 0.3) is 5.69 Å². The van der Waals surface area contributed by atoms with E-state index >= 15 is 0 Å². The smallest absolute Gasteiger partial charge is 0.326 e. The first-order valence-corrected chi connectivity index (χ1v) is 7.06. The molecule has 1 aromatic carbocycles. The van der Waals surface area contributed by atoms with Gasteiger partial charge in [0, 0.05) is 22.6 Å². The molecular weight excluding hydrogens is 328 g/mol. The van der Waals surface area contributed by atoms with Crippen LogP contribution in [0.15, 0.2) is 16.6 Å². The molecular formula is C13H15BrN2O4. The molecule has 0 saturated carbocycles. The molecule has 1 saturated heterocycles. The van der Waals surface area contributed by atoms with E-state index in [9.17, 15) is 20.0 Å². The van der Waals surface area contributed by atoms with Crippen molar-refractivity contribution in [3.63, 3.8) is 0 Å². The summed E-state index contributed by atoms with van der Waals surface area (Å²) in [6, 6.07) is 2.52. The van der Waals surface area contributed by atoms with Gasteiger partial charge in [-0.1, -0.05) is 6.92 Å². The number of nitro benzene ring substituents is 1. The molecule has 2 atom stereocenters. The highest BCUT2D eigenvalue weighted by molar-refractivity contribution is 9.10. The maximum atomic E-state index is 11.4. The Hall–Kier alpha value is -1.63. The summed E-state index contributed by atoms with van der Waals surface area (Å²) in [7, 11) is 0. The van der Waals surface area contributed by atoms with Gasteiger partial charge in [0.2, 0.25) is 0 Å². The lowest BCUT2D eigenvalue weighted by molar-refractivity contribution is -0.385. The van der Waals surface area contributed by atoms with Crippen molar-refractivity contribution in [2.24, 2.45) is 5.92 Å². The molecule has 1 fully saturated rings. The molecule has 0 aliphatic carbocycles. The van der Waals surface area contributed by atoms with Crippen LogP contribution in [0.2, 0.25) is 0 Å². The van der Waals surface area contributed by atoms with Crippen LogP contribution in [0.5, 0.6) is 0 Å². The highest BCUT2D eigenvalue weighted by Gasteiger charge is 2.38. The molecule has 0 spiro atoms. The number of aryl methyl sites for hydroxylation is 1. The number of carbonyl (C=O) groups is 1. The van der Waals surface area contributed by atoms with Gasteiger partial charge in [-0.25, -0.2) is 4.79 Å². The van der Waals surface area contributed by atoms with Crippen LogP contribution in [0.3, 0.4) is 0 Å². The van der Waals surface area contributed by atoms with Crippen molar-refractivity contribution in [2.45, 2.75) is 26.3 Å². The average Bonchev–Trinajstić information content (AvgIpc) is 2.73. The lowest BCUT2D eigenvalue weighted by Crippen LogP contribution is -2.39. The van der Waals surface area contributed by atoms with Crippen LogP contribution in [-0.2, 0) is 4.79 Å². The minimum absolute atomic E-state index is 0.0275. The van der Waals surface area contributed by atoms with Gasteiger partial charge < -0.3 is 10.0 Å². The van der Waals surface area contributed by atoms with E-state index in [1.54, 1.807) is 17.9 Å². The Bertz CT molecular complexity index is 576. The van der Waals surface area contributed by atoms with Crippen LogP contribution >= 0.6 is 15.9 Å². The fourth-order valence-corrected chi connectivity index (χ4v) is 3.23. The van der Waals surface area contributed by atoms with Crippen molar-refractivity contribution < 1.29 is 14.8 Å². The molecule has 1 aliphatic heterocycles. The van der Waals surface area contributed by atoms with Gasteiger partial charge in [0.15, 0.2) is 0 Å². The summed E-state index contributed by atoms with van der Waals surface area (Å²) in [4.78, 5) is 23.7. The number of anilines is 1. The van der Waals surface area contributed by atoms with Crippen LogP contribution in [0.4, 0.5) is 11.4 Å². The van der Waals surface area contributed by atoms with Crippen molar-refractivity contribution in [2.75, 3.05) is 11.4 Å². The van der Waals surface area contributed by atoms with E-state index in [0.717, 1.165) is 6.42 Å². The van der Waals surface area contributed by atoms with Crippen LogP contribution in [0.1, 0.15) is 18.9 Å². The van der Waals surface area contributed by atoms with E-state index < -0.39 is 16.9 Å². The van der Waals surface area contributed by atoms with Gasteiger partial charge >= 0.3 is 5.97 Å². The van der Waals surface area contributed by atoms with Crippen molar-refractivity contribution in [1.82, 2.24) is 0 Å². The van der Waals surface area contributed by atoms with E-state index in [1.807, 2.05) is 6.92 Å². The van der Waals surface area contributed by atoms with Crippen molar-refractivity contribution >= 4 is 33.3 Å². The fourth-order valence-electron chi connectivity index (χ4n) is 2.67. The summed E-state index contributed by atoms with van der Waals surface area (Å²) in [5.74, 6) is -0.812. The highest BCUT2D eigenvalue weighted by Crippen LogP contribution is 2.38. The summed E-state index contributed by atoms with van der Waals surface area (Å²) < 4.78 is 0.551. The third-order valence-corrected chi connectivity index (χ3v) is 4.36. The molecule has 0 amide bonds. The Morgan fingerprint density at radius 1 is 1.55 bits per heavy atom. The lowest BCUT2D eigenvalue weighted by atomic mass is 10.0. The normalized spacial score (nSPS) is 22.1. The predicted molar refractivity (Wildman–Crippen MR) is 78.1 cm³/mol. The molecule has 7 heteroatoms. The van der Waals surface area contributed by atoms with Crippen molar-refractivity contribution in [3.05, 3.63) is 32.3 Å². The first-order valence-electron chi connectivity index (χ1n) is 6.27. The Morgan fingerprint density at radius 2 is 2.20 bits per heavy atom. The van der Waals surface area contributed by atoms with E-state index in [2.05, 4.69) is 15.9 Å². The summed E-state index contributed by atoms with van der Waals surface area (Å²) >= 11 is 3.32. The number of carboxylic acid groups (broad SMARTS) is 1. The minimum atomic E-state index is -0.863. The number of hydrogen-bond acceptors (Lipinski definition) is 4. The molecule has 20 heavy (non-hydrogen) atoms. The van der Waals surface area contributed by atoms with E-state index in [-0.39, 0.29) is 11.6 Å². The number of halogens is 1. The van der Waals surface area contributed by atoms with Gasteiger partial charge in [0.1, 0.15) is 6.04 Å². The van der Waals surface area contributed by atoms with Gasteiger partial charge in [-0.15, -0.1) is 0 Å². The summed E-state index contributed by atoms with van der Waals surface area (Å²) in [5.41, 5.74) is 1.25. The van der Waals surface area contributed by atoms with Crippen LogP contribution in [-0.4, -0.2) is 28.6 Å².